The zero-order valence-corrected chi connectivity index (χ0v) is 6.14. The van der Waals surface area contributed by atoms with Gasteiger partial charge >= 0.3 is 5.97 Å². The van der Waals surface area contributed by atoms with Gasteiger partial charge in [0.2, 0.25) is 0 Å². The molecule has 0 saturated heterocycles. The Hall–Kier alpha value is -1.71. The number of nitrogens with zero attached hydrogens (tertiary/aromatic N) is 2. The highest BCUT2D eigenvalue weighted by atomic mass is 16.4. The van der Waals surface area contributed by atoms with Gasteiger partial charge in [-0.05, 0) is 12.2 Å². The SMILES string of the molecule is O=C(O)C1C=CN=C2N=CC=C21. The lowest BCUT2D eigenvalue weighted by molar-refractivity contribution is -0.138. The van der Waals surface area contributed by atoms with Crippen molar-refractivity contribution in [2.45, 2.75) is 0 Å². The molecule has 4 nitrogen and oxygen atoms in total. The number of fused-ring (bicyclic) bond motifs is 1. The standard InChI is InChI=1S/C8H6N2O2/c11-8(12)6-2-4-10-7-5(6)1-3-9-7/h1-4,6H,(H,11,12). The fraction of sp³-hybridized carbons (Fsp3) is 0.125. The van der Waals surface area contributed by atoms with Gasteiger partial charge in [0.1, 0.15) is 5.92 Å². The summed E-state index contributed by atoms with van der Waals surface area (Å²) in [6, 6.07) is 0. The average Bonchev–Trinajstić information content (AvgIpc) is 2.49. The summed E-state index contributed by atoms with van der Waals surface area (Å²) in [6.07, 6.45) is 6.28. The largest absolute Gasteiger partial charge is 0.481 e. The summed E-state index contributed by atoms with van der Waals surface area (Å²) in [5.41, 5.74) is 0.671. The normalized spacial score (nSPS) is 24.8. The predicted octanol–water partition coefficient (Wildman–Crippen LogP) is 0.624. The van der Waals surface area contributed by atoms with Gasteiger partial charge in [0, 0.05) is 18.0 Å². The van der Waals surface area contributed by atoms with Crippen LogP contribution >= 0.6 is 0 Å². The fourth-order valence-electron chi connectivity index (χ4n) is 1.21. The quantitative estimate of drug-likeness (QED) is 0.614. The van der Waals surface area contributed by atoms with E-state index in [2.05, 4.69) is 9.98 Å². The zero-order chi connectivity index (χ0) is 8.55. The van der Waals surface area contributed by atoms with Crippen molar-refractivity contribution in [3.8, 4) is 0 Å². The summed E-state index contributed by atoms with van der Waals surface area (Å²) in [4.78, 5) is 18.5. The molecule has 2 rings (SSSR count). The molecule has 2 aliphatic heterocycles. The van der Waals surface area contributed by atoms with E-state index in [1.54, 1.807) is 18.4 Å². The first-order valence-corrected chi connectivity index (χ1v) is 3.51. The first-order chi connectivity index (χ1) is 5.79. The van der Waals surface area contributed by atoms with E-state index in [0.717, 1.165) is 0 Å². The smallest absolute Gasteiger partial charge is 0.315 e. The highest BCUT2D eigenvalue weighted by molar-refractivity contribution is 6.14. The highest BCUT2D eigenvalue weighted by Gasteiger charge is 2.26. The van der Waals surface area contributed by atoms with Gasteiger partial charge in [-0.25, -0.2) is 9.98 Å². The lowest BCUT2D eigenvalue weighted by atomic mass is 9.97. The summed E-state index contributed by atoms with van der Waals surface area (Å²) < 4.78 is 0. The van der Waals surface area contributed by atoms with Crippen LogP contribution in [-0.2, 0) is 4.79 Å². The molecule has 0 radical (unpaired) electrons. The van der Waals surface area contributed by atoms with Gasteiger partial charge in [-0.1, -0.05) is 0 Å². The summed E-state index contributed by atoms with van der Waals surface area (Å²) in [7, 11) is 0. The number of hydrogen-bond acceptors (Lipinski definition) is 3. The van der Waals surface area contributed by atoms with E-state index in [4.69, 9.17) is 5.11 Å². The molecule has 0 aromatic carbocycles. The molecule has 0 fully saturated rings. The second-order valence-corrected chi connectivity index (χ2v) is 2.51. The Labute approximate surface area is 68.6 Å². The van der Waals surface area contributed by atoms with Gasteiger partial charge in [0.15, 0.2) is 5.84 Å². The molecule has 1 unspecified atom stereocenters. The third-order valence-electron chi connectivity index (χ3n) is 1.79. The highest BCUT2D eigenvalue weighted by Crippen LogP contribution is 2.22. The molecular weight excluding hydrogens is 156 g/mol. The van der Waals surface area contributed by atoms with Crippen LogP contribution in [0.3, 0.4) is 0 Å². The van der Waals surface area contributed by atoms with Gasteiger partial charge < -0.3 is 5.11 Å². The van der Waals surface area contributed by atoms with Crippen LogP contribution in [0.25, 0.3) is 0 Å². The first kappa shape index (κ1) is 6.97. The van der Waals surface area contributed by atoms with E-state index in [9.17, 15) is 4.79 Å². The maximum atomic E-state index is 10.7. The Morgan fingerprint density at radius 1 is 1.58 bits per heavy atom. The molecule has 2 heterocycles. The molecule has 0 aromatic heterocycles. The Balaban J connectivity index is 2.39. The van der Waals surface area contributed by atoms with Crippen molar-refractivity contribution in [3.63, 3.8) is 0 Å². The van der Waals surface area contributed by atoms with Crippen molar-refractivity contribution in [3.05, 3.63) is 23.9 Å². The van der Waals surface area contributed by atoms with Gasteiger partial charge in [0.25, 0.3) is 0 Å². The Morgan fingerprint density at radius 2 is 2.42 bits per heavy atom. The molecule has 2 aliphatic rings. The monoisotopic (exact) mass is 162 g/mol. The fourth-order valence-corrected chi connectivity index (χ4v) is 1.21. The van der Waals surface area contributed by atoms with Gasteiger partial charge in [-0.3, -0.25) is 4.79 Å². The second kappa shape index (κ2) is 2.41. The molecule has 1 N–H and O–H groups in total. The van der Waals surface area contributed by atoms with E-state index in [0.29, 0.717) is 11.4 Å². The molecule has 60 valence electrons. The van der Waals surface area contributed by atoms with Crippen LogP contribution in [-0.4, -0.2) is 23.1 Å². The lowest BCUT2D eigenvalue weighted by Crippen LogP contribution is -2.19. The number of allylic oxidation sites excluding steroid dienone is 1. The molecule has 0 aliphatic carbocycles. The summed E-state index contributed by atoms with van der Waals surface area (Å²) >= 11 is 0. The molecule has 0 bridgehead atoms. The molecule has 0 saturated carbocycles. The second-order valence-electron chi connectivity index (χ2n) is 2.51. The Bertz CT molecular complexity index is 350. The maximum Gasteiger partial charge on any atom is 0.315 e. The molecule has 1 atom stereocenters. The number of carboxylic acids is 1. The number of carbonyl (C=O) groups is 1. The maximum absolute atomic E-state index is 10.7. The summed E-state index contributed by atoms with van der Waals surface area (Å²) in [5.74, 6) is -0.930. The minimum absolute atomic E-state index is 0.518. The number of hydrogen-bond donors (Lipinski definition) is 1. The number of carboxylic acid groups (broad SMARTS) is 1. The number of rotatable bonds is 1. The molecule has 0 spiro atoms. The van der Waals surface area contributed by atoms with Crippen molar-refractivity contribution in [1.82, 2.24) is 0 Å². The molecule has 0 aromatic rings. The third kappa shape index (κ3) is 0.887. The number of amidine groups is 1. The predicted molar refractivity (Wildman–Crippen MR) is 44.3 cm³/mol. The summed E-state index contributed by atoms with van der Waals surface area (Å²) in [6.45, 7) is 0. The first-order valence-electron chi connectivity index (χ1n) is 3.51. The van der Waals surface area contributed by atoms with Gasteiger partial charge in [-0.2, -0.15) is 0 Å². The third-order valence-corrected chi connectivity index (χ3v) is 1.79. The molecule has 12 heavy (non-hydrogen) atoms. The molecule has 4 heteroatoms. The van der Waals surface area contributed by atoms with Crippen LogP contribution in [0.2, 0.25) is 0 Å². The lowest BCUT2D eigenvalue weighted by Gasteiger charge is -2.11. The van der Waals surface area contributed by atoms with E-state index >= 15 is 0 Å². The van der Waals surface area contributed by atoms with E-state index < -0.39 is 11.9 Å². The number of aliphatic carboxylic acids is 1. The topological polar surface area (TPSA) is 62.0 Å². The van der Waals surface area contributed by atoms with Crippen molar-refractivity contribution in [1.29, 1.82) is 0 Å². The van der Waals surface area contributed by atoms with Crippen LogP contribution in [0, 0.1) is 5.92 Å². The van der Waals surface area contributed by atoms with Crippen molar-refractivity contribution >= 4 is 18.0 Å². The van der Waals surface area contributed by atoms with Crippen molar-refractivity contribution < 1.29 is 9.90 Å². The van der Waals surface area contributed by atoms with E-state index in [1.165, 1.54) is 6.20 Å². The van der Waals surface area contributed by atoms with Gasteiger partial charge in [-0.15, -0.1) is 0 Å². The Kier molecular flexibility index (Phi) is 1.40. The zero-order valence-electron chi connectivity index (χ0n) is 6.14. The van der Waals surface area contributed by atoms with Crippen LogP contribution in [0.1, 0.15) is 0 Å². The van der Waals surface area contributed by atoms with Gasteiger partial charge in [0.05, 0.1) is 0 Å². The average molecular weight is 162 g/mol. The van der Waals surface area contributed by atoms with E-state index in [1.807, 2.05) is 0 Å². The minimum Gasteiger partial charge on any atom is -0.481 e. The number of aliphatic imine (C=N–C) groups is 2. The van der Waals surface area contributed by atoms with Crippen LogP contribution in [0.4, 0.5) is 0 Å². The summed E-state index contributed by atoms with van der Waals surface area (Å²) in [5, 5.41) is 8.78. The molecule has 0 amide bonds. The van der Waals surface area contributed by atoms with Crippen molar-refractivity contribution in [2.24, 2.45) is 15.9 Å². The molecular formula is C8H6N2O2. The van der Waals surface area contributed by atoms with Crippen LogP contribution in [0.15, 0.2) is 33.9 Å². The van der Waals surface area contributed by atoms with E-state index in [-0.39, 0.29) is 0 Å². The van der Waals surface area contributed by atoms with Crippen LogP contribution < -0.4 is 0 Å². The Morgan fingerprint density at radius 3 is 3.17 bits per heavy atom. The van der Waals surface area contributed by atoms with Crippen molar-refractivity contribution in [2.75, 3.05) is 0 Å². The minimum atomic E-state index is -0.865. The van der Waals surface area contributed by atoms with Crippen LogP contribution in [0.5, 0.6) is 0 Å².